The molecule has 2 aliphatic rings. The molecule has 0 saturated heterocycles. The highest BCUT2D eigenvalue weighted by Gasteiger charge is 2.25. The lowest BCUT2D eigenvalue weighted by Crippen LogP contribution is -2.20. The SMILES string of the molecule is Cc1[nH]n(-c2ccc3c(S(=O)(=O)O)cc(S(=O)(=O)O)cc3c2)c(=O)c1NN=C1C=CC(C2=CC(=O)C(=NNc3c(C)[nH]n(-c4ccc5c(S(=O)(=O)O)cc(S(=O)(=O)O)cc5c4)c3=O)C=C2)=CC1=O. The molecule has 2 heterocycles. The molecule has 2 aromatic heterocycles. The number of aromatic amines is 2. The Morgan fingerprint density at radius 2 is 0.868 bits per heavy atom. The van der Waals surface area contributed by atoms with Gasteiger partial charge in [-0.15, -0.1) is 0 Å². The van der Waals surface area contributed by atoms with Gasteiger partial charge in [-0.25, -0.2) is 9.36 Å². The molecule has 0 atom stereocenters. The maximum absolute atomic E-state index is 13.5. The van der Waals surface area contributed by atoms with E-state index < -0.39 is 82.7 Å². The van der Waals surface area contributed by atoms with Crippen molar-refractivity contribution in [1.82, 2.24) is 19.6 Å². The topological polar surface area (TPSA) is 376 Å². The normalized spacial score (nSPS) is 16.0. The van der Waals surface area contributed by atoms with Gasteiger partial charge in [0.25, 0.3) is 51.6 Å². The van der Waals surface area contributed by atoms with Crippen molar-refractivity contribution in [2.75, 3.05) is 10.9 Å². The minimum absolute atomic E-state index is 0.0723. The van der Waals surface area contributed by atoms with Crippen molar-refractivity contribution in [3.05, 3.63) is 140 Å². The van der Waals surface area contributed by atoms with Crippen molar-refractivity contribution >= 4 is 96.4 Å². The molecule has 6 aromatic rings. The van der Waals surface area contributed by atoms with Crippen molar-refractivity contribution in [1.29, 1.82) is 0 Å². The number of carbonyl (C=O) groups excluding carboxylic acids is 2. The number of anilines is 2. The maximum atomic E-state index is 13.5. The van der Waals surface area contributed by atoms with Crippen LogP contribution in [0.1, 0.15) is 11.4 Å². The molecule has 0 bridgehead atoms. The number of aromatic nitrogens is 4. The summed E-state index contributed by atoms with van der Waals surface area (Å²) in [5.74, 6) is -1.23. The molecule has 0 spiro atoms. The number of benzene rings is 4. The lowest BCUT2D eigenvalue weighted by Gasteiger charge is -2.12. The summed E-state index contributed by atoms with van der Waals surface area (Å²) in [6, 6.07) is 10.6. The average molecular weight is 1010 g/mol. The Morgan fingerprint density at radius 1 is 0.500 bits per heavy atom. The van der Waals surface area contributed by atoms with Gasteiger partial charge in [0.15, 0.2) is 0 Å². The van der Waals surface area contributed by atoms with Crippen LogP contribution in [0.5, 0.6) is 0 Å². The molecule has 0 aliphatic heterocycles. The molecular weight excluding hydrogens is 977 g/mol. The lowest BCUT2D eigenvalue weighted by atomic mass is 9.93. The Labute approximate surface area is 382 Å². The number of H-pyrrole nitrogens is 2. The fraction of sp³-hybridized carbons (Fsp3) is 0.0500. The number of aryl methyl sites for hydroxylation is 2. The number of nitrogens with one attached hydrogen (secondary N) is 4. The molecule has 2 aliphatic carbocycles. The van der Waals surface area contributed by atoms with E-state index in [-0.39, 0.29) is 67.1 Å². The van der Waals surface area contributed by atoms with Crippen LogP contribution in [-0.4, -0.2) is 94.4 Å². The summed E-state index contributed by atoms with van der Waals surface area (Å²) < 4.78 is 136. The van der Waals surface area contributed by atoms with Gasteiger partial charge in [0.1, 0.15) is 32.6 Å². The molecule has 0 fully saturated rings. The van der Waals surface area contributed by atoms with E-state index in [9.17, 15) is 71.1 Å². The Morgan fingerprint density at radius 3 is 1.19 bits per heavy atom. The van der Waals surface area contributed by atoms with E-state index in [2.05, 4.69) is 31.3 Å². The lowest BCUT2D eigenvalue weighted by molar-refractivity contribution is -0.109. The van der Waals surface area contributed by atoms with E-state index >= 15 is 0 Å². The molecule has 28 heteroatoms. The molecule has 24 nitrogen and oxygen atoms in total. The largest absolute Gasteiger partial charge is 0.296 e. The predicted molar refractivity (Wildman–Crippen MR) is 243 cm³/mol. The maximum Gasteiger partial charge on any atom is 0.296 e. The monoisotopic (exact) mass is 1010 g/mol. The second kappa shape index (κ2) is 16.6. The summed E-state index contributed by atoms with van der Waals surface area (Å²) in [7, 11) is -19.7. The predicted octanol–water partition coefficient (Wildman–Crippen LogP) is 2.92. The van der Waals surface area contributed by atoms with Gasteiger partial charge in [-0.1, -0.05) is 24.3 Å². The number of hydrogen-bond acceptors (Lipinski definition) is 16. The van der Waals surface area contributed by atoms with Crippen molar-refractivity contribution in [2.45, 2.75) is 33.4 Å². The highest BCUT2D eigenvalue weighted by molar-refractivity contribution is 7.87. The van der Waals surface area contributed by atoms with Gasteiger partial charge in [-0.3, -0.25) is 58.4 Å². The Kier molecular flexibility index (Phi) is 11.4. The zero-order valence-corrected chi connectivity index (χ0v) is 37.6. The summed E-state index contributed by atoms with van der Waals surface area (Å²) in [6.07, 6.45) is 8.00. The number of hydrogen-bond donors (Lipinski definition) is 8. The zero-order valence-electron chi connectivity index (χ0n) is 34.3. The Bertz CT molecular complexity index is 3810. The van der Waals surface area contributed by atoms with Crippen LogP contribution in [0.25, 0.3) is 32.9 Å². The Hall–Kier alpha value is -7.70. The quantitative estimate of drug-likeness (QED) is 0.0525. The van der Waals surface area contributed by atoms with Crippen LogP contribution >= 0.6 is 0 Å². The number of nitrogens with zero attached hydrogens (tertiary/aromatic N) is 4. The average Bonchev–Trinajstić information content (AvgIpc) is 3.70. The van der Waals surface area contributed by atoms with Crippen LogP contribution in [0.3, 0.4) is 0 Å². The van der Waals surface area contributed by atoms with E-state index in [0.717, 1.165) is 21.5 Å². The molecule has 350 valence electrons. The summed E-state index contributed by atoms with van der Waals surface area (Å²) in [5, 5.41) is 13.3. The van der Waals surface area contributed by atoms with Gasteiger partial charge in [0.05, 0.1) is 32.6 Å². The third kappa shape index (κ3) is 8.94. The highest BCUT2D eigenvalue weighted by Crippen LogP contribution is 2.31. The zero-order chi connectivity index (χ0) is 49.4. The number of ketones is 2. The fourth-order valence-electron chi connectivity index (χ4n) is 7.12. The van der Waals surface area contributed by atoms with Crippen LogP contribution < -0.4 is 22.0 Å². The standard InChI is InChI=1S/C40H30N8O16S4/c1-19-37(39(51)47(45-19)25-5-7-29-23(11-25)13-27(65(53,54)55)17-35(29)67(59,60)61)43-41-31-9-3-21(15-33(31)49)22-4-10-32(34(50)16-22)42-44-38-20(2)46-48(40(38)52)26-6-8-30-24(12-26)14-28(66(56,57)58)18-36(30)68(62,63)64/h3-18,43-46H,1-2H3,(H,53,54,55)(H,56,57,58)(H,59,60,61)(H,62,63,64). The van der Waals surface area contributed by atoms with Crippen molar-refractivity contribution in [3.63, 3.8) is 0 Å². The molecule has 0 radical (unpaired) electrons. The van der Waals surface area contributed by atoms with Crippen molar-refractivity contribution in [2.24, 2.45) is 10.2 Å². The minimum Gasteiger partial charge on any atom is -0.293 e. The molecule has 4 aromatic carbocycles. The van der Waals surface area contributed by atoms with Crippen LogP contribution in [0.15, 0.2) is 148 Å². The summed E-state index contributed by atoms with van der Waals surface area (Å²) in [6.45, 7) is 3.00. The van der Waals surface area contributed by atoms with E-state index in [1.54, 1.807) is 0 Å². The van der Waals surface area contributed by atoms with Gasteiger partial charge in [0.2, 0.25) is 11.6 Å². The van der Waals surface area contributed by atoms with Crippen LogP contribution in [-0.2, 0) is 50.1 Å². The number of fused-ring (bicyclic) bond motifs is 2. The van der Waals surface area contributed by atoms with Crippen LogP contribution in [0, 0.1) is 13.8 Å². The highest BCUT2D eigenvalue weighted by atomic mass is 32.2. The van der Waals surface area contributed by atoms with Gasteiger partial charge >= 0.3 is 0 Å². The minimum atomic E-state index is -4.95. The number of rotatable bonds is 11. The van der Waals surface area contributed by atoms with Gasteiger partial charge in [-0.2, -0.15) is 43.9 Å². The first kappa shape index (κ1) is 46.8. The number of hydrazone groups is 2. The molecular formula is C40H30N8O16S4. The van der Waals surface area contributed by atoms with E-state index in [0.29, 0.717) is 23.3 Å². The third-order valence-corrected chi connectivity index (χ3v) is 13.8. The summed E-state index contributed by atoms with van der Waals surface area (Å²) in [4.78, 5) is 50.0. The van der Waals surface area contributed by atoms with Gasteiger partial charge in [-0.05, 0) is 109 Å². The molecule has 0 saturated carbocycles. The number of allylic oxidation sites excluding steroid dienone is 8. The van der Waals surface area contributed by atoms with Crippen LogP contribution in [0.4, 0.5) is 11.4 Å². The Balaban J connectivity index is 0.971. The molecule has 8 N–H and O–H groups in total. The van der Waals surface area contributed by atoms with E-state index in [1.807, 2.05) is 0 Å². The van der Waals surface area contributed by atoms with Crippen LogP contribution in [0.2, 0.25) is 0 Å². The molecule has 8 rings (SSSR count). The molecule has 68 heavy (non-hydrogen) atoms. The van der Waals surface area contributed by atoms with Crippen molar-refractivity contribution in [3.8, 4) is 11.4 Å². The fourth-order valence-corrected chi connectivity index (χ4v) is 9.83. The second-order valence-corrected chi connectivity index (χ2v) is 20.5. The smallest absolute Gasteiger partial charge is 0.293 e. The first-order chi connectivity index (χ1) is 31.7. The van der Waals surface area contributed by atoms with Gasteiger partial charge < -0.3 is 0 Å². The van der Waals surface area contributed by atoms with Gasteiger partial charge in [0, 0.05) is 10.8 Å². The van der Waals surface area contributed by atoms with E-state index in [1.165, 1.54) is 86.7 Å². The third-order valence-electron chi connectivity index (χ3n) is 10.4. The summed E-state index contributed by atoms with van der Waals surface area (Å²) in [5.41, 5.74) is 4.40. The van der Waals surface area contributed by atoms with Crippen molar-refractivity contribution < 1.29 is 61.5 Å². The first-order valence-electron chi connectivity index (χ1n) is 18.9. The number of carbonyl (C=O) groups is 2. The van der Waals surface area contributed by atoms with E-state index in [4.69, 9.17) is 0 Å². The molecule has 0 amide bonds. The summed E-state index contributed by atoms with van der Waals surface area (Å²) >= 11 is 0. The first-order valence-corrected chi connectivity index (χ1v) is 24.7. The second-order valence-electron chi connectivity index (χ2n) is 14.9. The molecule has 0 unspecified atom stereocenters.